The summed E-state index contributed by atoms with van der Waals surface area (Å²) in [5, 5.41) is 4.18. The predicted octanol–water partition coefficient (Wildman–Crippen LogP) is 7.06. The number of sulfonamides is 1. The maximum absolute atomic E-state index is 14.0. The summed E-state index contributed by atoms with van der Waals surface area (Å²) in [7, 11) is -3.66. The number of carbonyl (C=O) groups excluding carboxylic acids is 2. The second-order valence-corrected chi connectivity index (χ2v) is 13.6. The summed E-state index contributed by atoms with van der Waals surface area (Å²) in [5.74, 6) is -0.535. The lowest BCUT2D eigenvalue weighted by Gasteiger charge is -2.32. The molecule has 3 aromatic carbocycles. The van der Waals surface area contributed by atoms with Crippen LogP contribution in [-0.2, 0) is 32.6 Å². The maximum Gasteiger partial charge on any atom is 0.243 e. The third-order valence-electron chi connectivity index (χ3n) is 7.10. The van der Waals surface area contributed by atoms with Crippen molar-refractivity contribution in [2.24, 2.45) is 0 Å². The summed E-state index contributed by atoms with van der Waals surface area (Å²) in [5.41, 5.74) is 2.72. The van der Waals surface area contributed by atoms with E-state index in [0.29, 0.717) is 39.3 Å². The number of nitrogens with one attached hydrogen (secondary N) is 1. The van der Waals surface area contributed by atoms with Crippen LogP contribution in [0.1, 0.15) is 49.3 Å². The van der Waals surface area contributed by atoms with Crippen molar-refractivity contribution in [3.05, 3.63) is 98.5 Å². The Balaban J connectivity index is 1.91. The summed E-state index contributed by atoms with van der Waals surface area (Å²) >= 11 is 18.7. The van der Waals surface area contributed by atoms with Gasteiger partial charge in [-0.25, -0.2) is 8.42 Å². The zero-order chi connectivity index (χ0) is 31.6. The Morgan fingerprint density at radius 1 is 0.884 bits per heavy atom. The van der Waals surface area contributed by atoms with Crippen LogP contribution in [-0.4, -0.2) is 50.5 Å². The van der Waals surface area contributed by atoms with Gasteiger partial charge in [0.05, 0.1) is 22.0 Å². The van der Waals surface area contributed by atoms with Gasteiger partial charge in [0.25, 0.3) is 0 Å². The number of carbonyl (C=O) groups is 2. The molecular weight excluding hydrogens is 629 g/mol. The Labute approximate surface area is 270 Å². The Bertz CT molecular complexity index is 1500. The van der Waals surface area contributed by atoms with E-state index < -0.39 is 16.1 Å². The molecule has 0 bridgehead atoms. The van der Waals surface area contributed by atoms with Crippen LogP contribution in [0.25, 0.3) is 0 Å². The molecule has 2 amide bonds. The molecule has 0 aromatic heterocycles. The zero-order valence-electron chi connectivity index (χ0n) is 24.7. The molecule has 1 N–H and O–H groups in total. The van der Waals surface area contributed by atoms with E-state index in [-0.39, 0.29) is 37.7 Å². The molecule has 232 valence electrons. The molecule has 0 heterocycles. The van der Waals surface area contributed by atoms with Gasteiger partial charge in [-0.2, -0.15) is 0 Å². The summed E-state index contributed by atoms with van der Waals surface area (Å²) in [6.45, 7) is 4.48. The molecule has 3 rings (SSSR count). The normalized spacial score (nSPS) is 12.0. The summed E-state index contributed by atoms with van der Waals surface area (Å²) in [6, 6.07) is 18.9. The Hall–Kier alpha value is -2.78. The highest BCUT2D eigenvalue weighted by atomic mass is 35.5. The lowest BCUT2D eigenvalue weighted by molar-refractivity contribution is -0.141. The van der Waals surface area contributed by atoms with Gasteiger partial charge in [0.2, 0.25) is 21.8 Å². The Kier molecular flexibility index (Phi) is 13.2. The number of rotatable bonds is 15. The van der Waals surface area contributed by atoms with Crippen molar-refractivity contribution >= 4 is 62.3 Å². The molecule has 11 heteroatoms. The largest absolute Gasteiger partial charge is 0.354 e. The SMILES string of the molecule is CCCCNC(=O)[C@@H](Cc1ccccc1)N(Cc1ccc(Cl)c(Cl)c1)C(=O)CCCN(c1cccc(Cl)c1C)S(C)(=O)=O. The summed E-state index contributed by atoms with van der Waals surface area (Å²) in [4.78, 5) is 29.1. The van der Waals surface area contributed by atoms with E-state index in [1.165, 1.54) is 4.31 Å². The standard InChI is InChI=1S/C32H38Cl3N3O4S/c1-4-5-18-36-32(40)30(21-24-11-7-6-8-12-24)37(22-25-16-17-27(34)28(35)20-25)31(39)15-10-19-38(43(3,41)42)29-14-9-13-26(33)23(29)2/h6-9,11-14,16-17,20,30H,4-5,10,15,18-19,21-22H2,1-3H3,(H,36,40)/t30-/m1/s1. The van der Waals surface area contributed by atoms with Crippen LogP contribution < -0.4 is 9.62 Å². The molecule has 0 saturated carbocycles. The van der Waals surface area contributed by atoms with E-state index in [9.17, 15) is 18.0 Å². The third-order valence-corrected chi connectivity index (χ3v) is 9.43. The summed E-state index contributed by atoms with van der Waals surface area (Å²) < 4.78 is 26.8. The van der Waals surface area contributed by atoms with E-state index in [4.69, 9.17) is 34.8 Å². The van der Waals surface area contributed by atoms with Gasteiger partial charge < -0.3 is 10.2 Å². The van der Waals surface area contributed by atoms with E-state index in [2.05, 4.69) is 5.32 Å². The van der Waals surface area contributed by atoms with Gasteiger partial charge in [-0.05, 0) is 60.7 Å². The summed E-state index contributed by atoms with van der Waals surface area (Å²) in [6.07, 6.45) is 3.41. The minimum atomic E-state index is -3.66. The minimum absolute atomic E-state index is 0.0144. The van der Waals surface area contributed by atoms with E-state index in [0.717, 1.165) is 30.2 Å². The van der Waals surface area contributed by atoms with Gasteiger partial charge >= 0.3 is 0 Å². The molecule has 0 radical (unpaired) electrons. The smallest absolute Gasteiger partial charge is 0.243 e. The number of amides is 2. The van der Waals surface area contributed by atoms with E-state index in [1.807, 2.05) is 37.3 Å². The number of hydrogen-bond donors (Lipinski definition) is 1. The topological polar surface area (TPSA) is 86.8 Å². The van der Waals surface area contributed by atoms with Crippen molar-refractivity contribution in [3.63, 3.8) is 0 Å². The van der Waals surface area contributed by atoms with Crippen molar-refractivity contribution in [1.82, 2.24) is 10.2 Å². The van der Waals surface area contributed by atoms with Crippen molar-refractivity contribution in [2.75, 3.05) is 23.7 Å². The van der Waals surface area contributed by atoms with Crippen LogP contribution in [0, 0.1) is 6.92 Å². The highest BCUT2D eigenvalue weighted by Gasteiger charge is 2.30. The van der Waals surface area contributed by atoms with Crippen LogP contribution in [0.2, 0.25) is 15.1 Å². The second kappa shape index (κ2) is 16.3. The van der Waals surface area contributed by atoms with Gasteiger partial charge in [0.1, 0.15) is 6.04 Å². The molecule has 0 aliphatic heterocycles. The van der Waals surface area contributed by atoms with Crippen molar-refractivity contribution in [1.29, 1.82) is 0 Å². The molecule has 3 aromatic rings. The molecular formula is C32H38Cl3N3O4S. The molecule has 0 aliphatic rings. The lowest BCUT2D eigenvalue weighted by Crippen LogP contribution is -2.50. The first kappa shape index (κ1) is 34.7. The highest BCUT2D eigenvalue weighted by Crippen LogP contribution is 2.29. The van der Waals surface area contributed by atoms with Crippen molar-refractivity contribution in [3.8, 4) is 0 Å². The molecule has 0 unspecified atom stereocenters. The number of benzene rings is 3. The van der Waals surface area contributed by atoms with E-state index in [1.54, 1.807) is 48.2 Å². The lowest BCUT2D eigenvalue weighted by atomic mass is 10.0. The van der Waals surface area contributed by atoms with Crippen LogP contribution in [0.15, 0.2) is 66.7 Å². The van der Waals surface area contributed by atoms with E-state index >= 15 is 0 Å². The molecule has 1 atom stereocenters. The van der Waals surface area contributed by atoms with Crippen LogP contribution in [0.5, 0.6) is 0 Å². The quantitative estimate of drug-likeness (QED) is 0.176. The predicted molar refractivity (Wildman–Crippen MR) is 176 cm³/mol. The first-order valence-electron chi connectivity index (χ1n) is 14.2. The number of unbranched alkanes of at least 4 members (excludes halogenated alkanes) is 1. The maximum atomic E-state index is 14.0. The van der Waals surface area contributed by atoms with Crippen LogP contribution >= 0.6 is 34.8 Å². The van der Waals surface area contributed by atoms with Gasteiger partial charge in [-0.3, -0.25) is 13.9 Å². The average molecular weight is 667 g/mol. The van der Waals surface area contributed by atoms with Gasteiger partial charge in [-0.15, -0.1) is 0 Å². The number of hydrogen-bond acceptors (Lipinski definition) is 4. The van der Waals surface area contributed by atoms with Crippen LogP contribution in [0.4, 0.5) is 5.69 Å². The monoisotopic (exact) mass is 665 g/mol. The number of anilines is 1. The van der Waals surface area contributed by atoms with Crippen LogP contribution in [0.3, 0.4) is 0 Å². The first-order chi connectivity index (χ1) is 20.4. The Morgan fingerprint density at radius 3 is 2.26 bits per heavy atom. The molecule has 0 aliphatic carbocycles. The van der Waals surface area contributed by atoms with Gasteiger partial charge in [-0.1, -0.05) is 90.6 Å². The Morgan fingerprint density at radius 2 is 1.60 bits per heavy atom. The fourth-order valence-electron chi connectivity index (χ4n) is 4.74. The van der Waals surface area contributed by atoms with Crippen molar-refractivity contribution < 1.29 is 18.0 Å². The zero-order valence-corrected chi connectivity index (χ0v) is 27.7. The molecule has 43 heavy (non-hydrogen) atoms. The fourth-order valence-corrected chi connectivity index (χ4v) is 6.25. The second-order valence-electron chi connectivity index (χ2n) is 10.4. The minimum Gasteiger partial charge on any atom is -0.354 e. The molecule has 0 spiro atoms. The molecule has 0 saturated heterocycles. The van der Waals surface area contributed by atoms with Gasteiger partial charge in [0.15, 0.2) is 0 Å². The van der Waals surface area contributed by atoms with Crippen molar-refractivity contribution in [2.45, 2.75) is 58.5 Å². The molecule has 7 nitrogen and oxygen atoms in total. The number of halogens is 3. The third kappa shape index (κ3) is 10.1. The first-order valence-corrected chi connectivity index (χ1v) is 17.2. The van der Waals surface area contributed by atoms with Gasteiger partial charge in [0, 0.05) is 37.5 Å². The molecule has 0 fully saturated rings. The number of nitrogens with zero attached hydrogens (tertiary/aromatic N) is 2. The highest BCUT2D eigenvalue weighted by molar-refractivity contribution is 7.92. The average Bonchev–Trinajstić information content (AvgIpc) is 2.96. The fraction of sp³-hybridized carbons (Fsp3) is 0.375.